The molecule has 0 aliphatic carbocycles. The number of hydrogen-bond donors (Lipinski definition) is 1. The molecule has 0 atom stereocenters. The van der Waals surface area contributed by atoms with Gasteiger partial charge in [0.2, 0.25) is 11.8 Å². The third kappa shape index (κ3) is 2.88. The van der Waals surface area contributed by atoms with Gasteiger partial charge in [-0.1, -0.05) is 6.07 Å². The Balaban J connectivity index is 2.30. The Morgan fingerprint density at radius 2 is 1.79 bits per heavy atom. The Labute approximate surface area is 111 Å². The highest BCUT2D eigenvalue weighted by Crippen LogP contribution is 2.32. The summed E-state index contributed by atoms with van der Waals surface area (Å²) in [5, 5.41) is 0. The van der Waals surface area contributed by atoms with Crippen LogP contribution in [0, 0.1) is 6.92 Å². The third-order valence-electron chi connectivity index (χ3n) is 2.59. The van der Waals surface area contributed by atoms with E-state index in [2.05, 4.69) is 4.98 Å². The molecule has 0 unspecified atom stereocenters. The lowest BCUT2D eigenvalue weighted by molar-refractivity contribution is 0.363. The van der Waals surface area contributed by atoms with Gasteiger partial charge in [-0.15, -0.1) is 0 Å². The molecule has 100 valence electrons. The molecule has 1 aromatic carbocycles. The molecule has 0 fully saturated rings. The number of nitrogens with zero attached hydrogens (tertiary/aromatic N) is 1. The largest absolute Gasteiger partial charge is 0.493 e. The molecule has 0 aliphatic heterocycles. The maximum Gasteiger partial charge on any atom is 0.240 e. The molecule has 0 bridgehead atoms. The van der Waals surface area contributed by atoms with Crippen molar-refractivity contribution in [3.63, 3.8) is 0 Å². The van der Waals surface area contributed by atoms with Crippen molar-refractivity contribution < 1.29 is 14.2 Å². The first kappa shape index (κ1) is 13.0. The Morgan fingerprint density at radius 3 is 2.47 bits per heavy atom. The number of rotatable bonds is 4. The summed E-state index contributed by atoms with van der Waals surface area (Å²) in [5.41, 5.74) is 7.26. The molecule has 0 saturated heterocycles. The third-order valence-corrected chi connectivity index (χ3v) is 2.59. The van der Waals surface area contributed by atoms with Crippen LogP contribution in [0.3, 0.4) is 0 Å². The Kier molecular flexibility index (Phi) is 3.75. The standard InChI is InChI=1S/C14H16N2O3/c1-9-4-6-11(12(8-9)17-2)19-13-7-5-10(15)14(16-13)18-3/h4-8H,15H2,1-3H3. The molecule has 0 radical (unpaired) electrons. The second kappa shape index (κ2) is 5.48. The van der Waals surface area contributed by atoms with Crippen LogP contribution >= 0.6 is 0 Å². The number of aryl methyl sites for hydroxylation is 1. The van der Waals surface area contributed by atoms with Crippen LogP contribution < -0.4 is 19.9 Å². The van der Waals surface area contributed by atoms with Gasteiger partial charge in [-0.2, -0.15) is 4.98 Å². The highest BCUT2D eigenvalue weighted by molar-refractivity contribution is 5.50. The van der Waals surface area contributed by atoms with Gasteiger partial charge in [-0.25, -0.2) is 0 Å². The minimum absolute atomic E-state index is 0.337. The highest BCUT2D eigenvalue weighted by Gasteiger charge is 2.09. The zero-order chi connectivity index (χ0) is 13.8. The van der Waals surface area contributed by atoms with Crippen molar-refractivity contribution in [1.82, 2.24) is 4.98 Å². The molecule has 0 aliphatic rings. The predicted molar refractivity (Wildman–Crippen MR) is 73.0 cm³/mol. The van der Waals surface area contributed by atoms with Crippen LogP contribution in [0.4, 0.5) is 5.69 Å². The number of nitrogens with two attached hydrogens (primary N) is 1. The number of ether oxygens (including phenoxy) is 3. The number of aromatic nitrogens is 1. The van der Waals surface area contributed by atoms with Crippen LogP contribution in [0.5, 0.6) is 23.3 Å². The number of nitrogen functional groups attached to an aromatic ring is 1. The fourth-order valence-electron chi connectivity index (χ4n) is 1.63. The maximum absolute atomic E-state index is 5.70. The topological polar surface area (TPSA) is 66.6 Å². The van der Waals surface area contributed by atoms with Gasteiger partial charge in [0.15, 0.2) is 11.5 Å². The second-order valence-corrected chi connectivity index (χ2v) is 4.00. The Morgan fingerprint density at radius 1 is 1.00 bits per heavy atom. The fourth-order valence-corrected chi connectivity index (χ4v) is 1.63. The van der Waals surface area contributed by atoms with Crippen LogP contribution in [-0.4, -0.2) is 19.2 Å². The van der Waals surface area contributed by atoms with E-state index in [9.17, 15) is 0 Å². The Bertz CT molecular complexity index is 585. The molecule has 2 aromatic rings. The number of methoxy groups -OCH3 is 2. The molecule has 2 rings (SSSR count). The minimum atomic E-state index is 0.337. The van der Waals surface area contributed by atoms with Crippen molar-refractivity contribution in [2.75, 3.05) is 20.0 Å². The summed E-state index contributed by atoms with van der Waals surface area (Å²) in [6.45, 7) is 1.98. The van der Waals surface area contributed by atoms with Crippen molar-refractivity contribution in [3.8, 4) is 23.3 Å². The minimum Gasteiger partial charge on any atom is -0.493 e. The molecule has 0 spiro atoms. The maximum atomic E-state index is 5.70. The first-order chi connectivity index (χ1) is 9.13. The van der Waals surface area contributed by atoms with Crippen molar-refractivity contribution >= 4 is 5.69 Å². The molecule has 0 saturated carbocycles. The van der Waals surface area contributed by atoms with E-state index in [0.29, 0.717) is 28.9 Å². The van der Waals surface area contributed by atoms with Crippen molar-refractivity contribution in [2.24, 2.45) is 0 Å². The average Bonchev–Trinajstić information content (AvgIpc) is 2.42. The van der Waals surface area contributed by atoms with E-state index in [1.54, 1.807) is 19.2 Å². The summed E-state index contributed by atoms with van der Waals surface area (Å²) in [7, 11) is 3.10. The van der Waals surface area contributed by atoms with E-state index in [4.69, 9.17) is 19.9 Å². The summed E-state index contributed by atoms with van der Waals surface area (Å²) < 4.78 is 16.0. The number of benzene rings is 1. The van der Waals surface area contributed by atoms with Crippen LogP contribution in [0.25, 0.3) is 0 Å². The molecular formula is C14H16N2O3. The lowest BCUT2D eigenvalue weighted by atomic mass is 10.2. The fraction of sp³-hybridized carbons (Fsp3) is 0.214. The van der Waals surface area contributed by atoms with E-state index in [-0.39, 0.29) is 0 Å². The van der Waals surface area contributed by atoms with Gasteiger partial charge in [-0.05, 0) is 30.7 Å². The molecular weight excluding hydrogens is 244 g/mol. The number of hydrogen-bond acceptors (Lipinski definition) is 5. The smallest absolute Gasteiger partial charge is 0.240 e. The molecule has 5 nitrogen and oxygen atoms in total. The summed E-state index contributed by atoms with van der Waals surface area (Å²) in [4.78, 5) is 4.16. The molecule has 1 heterocycles. The summed E-state index contributed by atoms with van der Waals surface area (Å²) in [5.74, 6) is 1.97. The first-order valence-electron chi connectivity index (χ1n) is 5.77. The zero-order valence-electron chi connectivity index (χ0n) is 11.1. The molecule has 5 heteroatoms. The zero-order valence-corrected chi connectivity index (χ0v) is 11.1. The van der Waals surface area contributed by atoms with Gasteiger partial charge < -0.3 is 19.9 Å². The van der Waals surface area contributed by atoms with Crippen molar-refractivity contribution in [3.05, 3.63) is 35.9 Å². The van der Waals surface area contributed by atoms with E-state index in [1.165, 1.54) is 7.11 Å². The van der Waals surface area contributed by atoms with Gasteiger partial charge in [0.25, 0.3) is 0 Å². The van der Waals surface area contributed by atoms with E-state index in [0.717, 1.165) is 5.56 Å². The van der Waals surface area contributed by atoms with Crippen LogP contribution in [0.2, 0.25) is 0 Å². The van der Waals surface area contributed by atoms with Crippen LogP contribution in [0.15, 0.2) is 30.3 Å². The van der Waals surface area contributed by atoms with E-state index in [1.807, 2.05) is 25.1 Å². The van der Waals surface area contributed by atoms with Crippen molar-refractivity contribution in [2.45, 2.75) is 6.92 Å². The lowest BCUT2D eigenvalue weighted by Gasteiger charge is -2.11. The predicted octanol–water partition coefficient (Wildman–Crippen LogP) is 2.78. The normalized spacial score (nSPS) is 10.1. The van der Waals surface area contributed by atoms with Gasteiger partial charge in [-0.3, -0.25) is 0 Å². The second-order valence-electron chi connectivity index (χ2n) is 4.00. The monoisotopic (exact) mass is 260 g/mol. The van der Waals surface area contributed by atoms with Gasteiger partial charge >= 0.3 is 0 Å². The summed E-state index contributed by atoms with van der Waals surface area (Å²) in [6, 6.07) is 9.02. The van der Waals surface area contributed by atoms with Gasteiger partial charge in [0, 0.05) is 6.07 Å². The van der Waals surface area contributed by atoms with Crippen molar-refractivity contribution in [1.29, 1.82) is 0 Å². The van der Waals surface area contributed by atoms with E-state index < -0.39 is 0 Å². The average molecular weight is 260 g/mol. The van der Waals surface area contributed by atoms with Crippen LogP contribution in [-0.2, 0) is 0 Å². The first-order valence-corrected chi connectivity index (χ1v) is 5.77. The number of anilines is 1. The number of pyridine rings is 1. The van der Waals surface area contributed by atoms with Gasteiger partial charge in [0.1, 0.15) is 0 Å². The van der Waals surface area contributed by atoms with Gasteiger partial charge in [0.05, 0.1) is 19.9 Å². The molecule has 2 N–H and O–H groups in total. The molecule has 1 aromatic heterocycles. The SMILES string of the molecule is COc1cc(C)ccc1Oc1ccc(N)c(OC)n1. The van der Waals surface area contributed by atoms with Crippen LogP contribution in [0.1, 0.15) is 5.56 Å². The lowest BCUT2D eigenvalue weighted by Crippen LogP contribution is -1.98. The molecule has 0 amide bonds. The highest BCUT2D eigenvalue weighted by atomic mass is 16.5. The summed E-state index contributed by atoms with van der Waals surface area (Å²) >= 11 is 0. The molecule has 19 heavy (non-hydrogen) atoms. The summed E-state index contributed by atoms with van der Waals surface area (Å²) in [6.07, 6.45) is 0. The van der Waals surface area contributed by atoms with E-state index >= 15 is 0 Å². The Hall–Kier alpha value is -2.43. The quantitative estimate of drug-likeness (QED) is 0.915.